The maximum atomic E-state index is 6.54. The molecule has 0 radical (unpaired) electrons. The number of fused-ring (bicyclic) bond motifs is 10. The summed E-state index contributed by atoms with van der Waals surface area (Å²) in [5.74, 6) is 1.87. The minimum Gasteiger partial charge on any atom is -0.456 e. The van der Waals surface area contributed by atoms with Crippen LogP contribution in [0.25, 0.3) is 118 Å². The molecule has 0 amide bonds. The molecule has 0 atom stereocenters. The van der Waals surface area contributed by atoms with E-state index < -0.39 is 0 Å². The molecule has 12 aromatic rings. The van der Waals surface area contributed by atoms with Gasteiger partial charge in [0.2, 0.25) is 0 Å². The fraction of sp³-hybridized carbons (Fsp3) is 0. The van der Waals surface area contributed by atoms with Gasteiger partial charge in [-0.05, 0) is 70.4 Å². The lowest BCUT2D eigenvalue weighted by Crippen LogP contribution is -2.00. The first-order chi connectivity index (χ1) is 27.2. The molecule has 4 aromatic heterocycles. The van der Waals surface area contributed by atoms with Crippen LogP contribution in [0.5, 0.6) is 0 Å². The highest BCUT2D eigenvalue weighted by Crippen LogP contribution is 2.43. The van der Waals surface area contributed by atoms with Gasteiger partial charge in [-0.1, -0.05) is 115 Å². The molecule has 0 aliphatic rings. The molecule has 55 heavy (non-hydrogen) atoms. The van der Waals surface area contributed by atoms with E-state index in [0.29, 0.717) is 17.5 Å². The second-order valence-electron chi connectivity index (χ2n) is 13.9. The van der Waals surface area contributed by atoms with E-state index >= 15 is 0 Å². The summed E-state index contributed by atoms with van der Waals surface area (Å²) in [6, 6.07) is 57.9. The molecular weight excluding hydrogens is 711 g/mol. The van der Waals surface area contributed by atoms with Crippen molar-refractivity contribution in [3.05, 3.63) is 164 Å². The Hall–Kier alpha value is -6.73. The Bertz CT molecular complexity index is 3520. The highest BCUT2D eigenvalue weighted by Gasteiger charge is 2.20. The van der Waals surface area contributed by atoms with Crippen molar-refractivity contribution in [3.63, 3.8) is 0 Å². The van der Waals surface area contributed by atoms with Gasteiger partial charge in [-0.25, -0.2) is 15.0 Å². The first-order valence-corrected chi connectivity index (χ1v) is 19.9. The summed E-state index contributed by atoms with van der Waals surface area (Å²) < 4.78 is 11.6. The van der Waals surface area contributed by atoms with Crippen LogP contribution < -0.4 is 0 Å². The van der Waals surface area contributed by atoms with Gasteiger partial charge in [0.05, 0.1) is 0 Å². The normalized spacial score (nSPS) is 12.0. The maximum absolute atomic E-state index is 6.54. The molecule has 0 N–H and O–H groups in total. The Kier molecular flexibility index (Phi) is 6.64. The molecule has 6 heteroatoms. The number of hydrogen-bond acceptors (Lipinski definition) is 6. The summed E-state index contributed by atoms with van der Waals surface area (Å²) >= 11 is 3.63. The zero-order chi connectivity index (χ0) is 36.0. The van der Waals surface area contributed by atoms with Crippen molar-refractivity contribution in [2.24, 2.45) is 0 Å². The van der Waals surface area contributed by atoms with E-state index in [1.54, 1.807) is 11.3 Å². The van der Waals surface area contributed by atoms with Crippen LogP contribution in [0.4, 0.5) is 0 Å². The average molecular weight is 738 g/mol. The van der Waals surface area contributed by atoms with Crippen molar-refractivity contribution in [1.82, 2.24) is 15.0 Å². The summed E-state index contributed by atoms with van der Waals surface area (Å²) in [5.41, 5.74) is 6.77. The molecule has 4 heterocycles. The van der Waals surface area contributed by atoms with Gasteiger partial charge in [0.1, 0.15) is 11.2 Å². The van der Waals surface area contributed by atoms with E-state index in [4.69, 9.17) is 19.4 Å². The number of rotatable bonds is 4. The van der Waals surface area contributed by atoms with Crippen molar-refractivity contribution in [2.45, 2.75) is 0 Å². The summed E-state index contributed by atoms with van der Waals surface area (Å²) in [6.45, 7) is 0. The number of aromatic nitrogens is 3. The largest absolute Gasteiger partial charge is 0.456 e. The number of benzene rings is 8. The van der Waals surface area contributed by atoms with Crippen LogP contribution in [0.15, 0.2) is 168 Å². The van der Waals surface area contributed by atoms with Gasteiger partial charge in [0.25, 0.3) is 0 Å². The molecule has 0 saturated heterocycles. The fourth-order valence-corrected chi connectivity index (χ4v) is 10.4. The van der Waals surface area contributed by atoms with Gasteiger partial charge in [-0.15, -0.1) is 22.7 Å². The summed E-state index contributed by atoms with van der Waals surface area (Å²) in [6.07, 6.45) is 0. The molecule has 8 aromatic carbocycles. The van der Waals surface area contributed by atoms with Gasteiger partial charge in [0, 0.05) is 67.8 Å². The third kappa shape index (κ3) is 4.85. The predicted molar refractivity (Wildman–Crippen MR) is 232 cm³/mol. The molecular formula is C49H27N3OS2. The van der Waals surface area contributed by atoms with Crippen LogP contribution >= 0.6 is 22.7 Å². The number of thiophene rings is 2. The third-order valence-electron chi connectivity index (χ3n) is 10.7. The van der Waals surface area contributed by atoms with Crippen molar-refractivity contribution >= 4 is 95.7 Å². The van der Waals surface area contributed by atoms with Gasteiger partial charge >= 0.3 is 0 Å². The van der Waals surface area contributed by atoms with Crippen LogP contribution in [0.1, 0.15) is 0 Å². The Balaban J connectivity index is 1.09. The van der Waals surface area contributed by atoms with Crippen LogP contribution in [0.3, 0.4) is 0 Å². The van der Waals surface area contributed by atoms with Crippen LogP contribution in [-0.2, 0) is 0 Å². The highest BCUT2D eigenvalue weighted by atomic mass is 32.1. The second-order valence-corrected chi connectivity index (χ2v) is 16.1. The number of furan rings is 1. The monoisotopic (exact) mass is 737 g/mol. The first-order valence-electron chi connectivity index (χ1n) is 18.3. The quantitative estimate of drug-likeness (QED) is 0.180. The maximum Gasteiger partial charge on any atom is 0.164 e. The molecule has 0 aliphatic heterocycles. The molecule has 256 valence electrons. The van der Waals surface area contributed by atoms with Gasteiger partial charge in [0.15, 0.2) is 17.5 Å². The molecule has 0 bridgehead atoms. The van der Waals surface area contributed by atoms with E-state index in [0.717, 1.165) is 49.6 Å². The molecule has 0 spiro atoms. The smallest absolute Gasteiger partial charge is 0.164 e. The van der Waals surface area contributed by atoms with Gasteiger partial charge < -0.3 is 4.42 Å². The molecule has 0 saturated carbocycles. The Morgan fingerprint density at radius 3 is 1.87 bits per heavy atom. The molecule has 0 aliphatic carbocycles. The van der Waals surface area contributed by atoms with E-state index in [-0.39, 0.29) is 0 Å². The van der Waals surface area contributed by atoms with Crippen molar-refractivity contribution < 1.29 is 4.42 Å². The summed E-state index contributed by atoms with van der Waals surface area (Å²) in [7, 11) is 0. The van der Waals surface area contributed by atoms with Crippen LogP contribution in [-0.4, -0.2) is 15.0 Å². The van der Waals surface area contributed by atoms with Gasteiger partial charge in [-0.3, -0.25) is 0 Å². The minimum atomic E-state index is 0.606. The second kappa shape index (κ2) is 11.9. The minimum absolute atomic E-state index is 0.606. The summed E-state index contributed by atoms with van der Waals surface area (Å²) in [4.78, 5) is 15.6. The lowest BCUT2D eigenvalue weighted by Gasteiger charge is -2.10. The standard InChI is InChI=1S/C49H27N3OS2/c1-2-10-29-25-31(20-19-28(29)9-1)47-50-48(32-21-23-35-34-11-3-5-16-41(34)55-44(35)27-32)52-49(51-47)37-14-7-15-40-45(37)38-26-30(22-24-39(38)53-40)33-13-8-18-43-46(33)36-12-4-6-17-42(36)54-43/h1-27H. The third-order valence-corrected chi connectivity index (χ3v) is 13.0. The zero-order valence-corrected chi connectivity index (χ0v) is 30.8. The fourth-order valence-electron chi connectivity index (χ4n) is 8.14. The van der Waals surface area contributed by atoms with Crippen LogP contribution in [0.2, 0.25) is 0 Å². The molecule has 4 nitrogen and oxygen atoms in total. The van der Waals surface area contributed by atoms with E-state index in [1.807, 2.05) is 23.5 Å². The van der Waals surface area contributed by atoms with E-state index in [9.17, 15) is 0 Å². The Labute approximate surface area is 322 Å². The van der Waals surface area contributed by atoms with Gasteiger partial charge in [-0.2, -0.15) is 0 Å². The van der Waals surface area contributed by atoms with E-state index in [2.05, 4.69) is 152 Å². The van der Waals surface area contributed by atoms with Crippen molar-refractivity contribution in [1.29, 1.82) is 0 Å². The molecule has 12 rings (SSSR count). The van der Waals surface area contributed by atoms with Crippen molar-refractivity contribution in [2.75, 3.05) is 0 Å². The summed E-state index contributed by atoms with van der Waals surface area (Å²) in [5, 5.41) is 9.40. The predicted octanol–water partition coefficient (Wildman–Crippen LogP) is 14.3. The SMILES string of the molecule is c1ccc2cc(-c3nc(-c4ccc5c(c4)sc4ccccc45)nc(-c4cccc5oc6ccc(-c7cccc8sc9ccccc9c78)cc6c45)n3)ccc2c1. The highest BCUT2D eigenvalue weighted by molar-refractivity contribution is 7.26. The number of hydrogen-bond donors (Lipinski definition) is 0. The molecule has 0 fully saturated rings. The van der Waals surface area contributed by atoms with Crippen LogP contribution in [0, 0.1) is 0 Å². The Morgan fingerprint density at radius 1 is 0.345 bits per heavy atom. The lowest BCUT2D eigenvalue weighted by molar-refractivity contribution is 0.669. The molecule has 0 unspecified atom stereocenters. The topological polar surface area (TPSA) is 51.8 Å². The number of nitrogens with zero attached hydrogens (tertiary/aromatic N) is 3. The average Bonchev–Trinajstić information content (AvgIpc) is 3.94. The van der Waals surface area contributed by atoms with Crippen molar-refractivity contribution in [3.8, 4) is 45.3 Å². The van der Waals surface area contributed by atoms with E-state index in [1.165, 1.54) is 51.3 Å². The Morgan fingerprint density at radius 2 is 0.982 bits per heavy atom. The first kappa shape index (κ1) is 30.7. The lowest BCUT2D eigenvalue weighted by atomic mass is 9.97. The zero-order valence-electron chi connectivity index (χ0n) is 29.2.